The first-order chi connectivity index (χ1) is 8.25. The van der Waals surface area contributed by atoms with Crippen LogP contribution in [0, 0.1) is 0 Å². The zero-order chi connectivity index (χ0) is 12.1. The number of hydrogen-bond donors (Lipinski definition) is 1. The Hall–Kier alpha value is -1.53. The number of likely N-dealkylation sites (N-methyl/N-ethyl adjacent to an activating group) is 1. The Morgan fingerprint density at radius 3 is 2.88 bits per heavy atom. The Balaban J connectivity index is 2.02. The first-order valence-electron chi connectivity index (χ1n) is 5.37. The van der Waals surface area contributed by atoms with Gasteiger partial charge in [-0.05, 0) is 20.2 Å². The first-order valence-corrected chi connectivity index (χ1v) is 6.25. The van der Waals surface area contributed by atoms with Crippen LogP contribution in [0.5, 0.6) is 0 Å². The van der Waals surface area contributed by atoms with Crippen molar-refractivity contribution in [1.82, 2.24) is 19.9 Å². The van der Waals surface area contributed by atoms with Gasteiger partial charge in [0, 0.05) is 30.9 Å². The van der Waals surface area contributed by atoms with Crippen molar-refractivity contribution in [2.45, 2.75) is 0 Å². The number of nitrogens with one attached hydrogen (secondary N) is 1. The van der Waals surface area contributed by atoms with Crippen LogP contribution in [0.4, 0.5) is 5.95 Å². The van der Waals surface area contributed by atoms with E-state index in [4.69, 9.17) is 0 Å². The van der Waals surface area contributed by atoms with Gasteiger partial charge in [0.25, 0.3) is 0 Å². The van der Waals surface area contributed by atoms with Gasteiger partial charge in [-0.25, -0.2) is 15.0 Å². The van der Waals surface area contributed by atoms with Crippen LogP contribution in [0.25, 0.3) is 10.7 Å². The van der Waals surface area contributed by atoms with Gasteiger partial charge in [-0.1, -0.05) is 0 Å². The predicted molar refractivity (Wildman–Crippen MR) is 70.2 cm³/mol. The minimum atomic E-state index is 0.652. The van der Waals surface area contributed by atoms with Gasteiger partial charge in [0.15, 0.2) is 0 Å². The molecule has 90 valence electrons. The van der Waals surface area contributed by atoms with E-state index >= 15 is 0 Å². The average molecular weight is 249 g/mol. The van der Waals surface area contributed by atoms with E-state index in [2.05, 4.69) is 25.2 Å². The summed E-state index contributed by atoms with van der Waals surface area (Å²) in [6.45, 7) is 1.78. The van der Waals surface area contributed by atoms with Crippen molar-refractivity contribution in [3.8, 4) is 10.7 Å². The highest BCUT2D eigenvalue weighted by molar-refractivity contribution is 7.13. The van der Waals surface area contributed by atoms with Gasteiger partial charge in [-0.2, -0.15) is 0 Å². The molecule has 1 N–H and O–H groups in total. The molecule has 2 heterocycles. The lowest BCUT2D eigenvalue weighted by Crippen LogP contribution is -2.21. The molecule has 17 heavy (non-hydrogen) atoms. The van der Waals surface area contributed by atoms with Crippen molar-refractivity contribution in [2.75, 3.05) is 32.5 Å². The highest BCUT2D eigenvalue weighted by Gasteiger charge is 2.03. The summed E-state index contributed by atoms with van der Waals surface area (Å²) in [5, 5.41) is 6.05. The quantitative estimate of drug-likeness (QED) is 0.871. The largest absolute Gasteiger partial charge is 0.353 e. The Morgan fingerprint density at radius 2 is 2.18 bits per heavy atom. The van der Waals surface area contributed by atoms with Gasteiger partial charge in [0.2, 0.25) is 5.95 Å². The van der Waals surface area contributed by atoms with Crippen LogP contribution in [0.2, 0.25) is 0 Å². The summed E-state index contributed by atoms with van der Waals surface area (Å²) < 4.78 is 0. The molecule has 0 bridgehead atoms. The van der Waals surface area contributed by atoms with Crippen molar-refractivity contribution in [3.63, 3.8) is 0 Å². The lowest BCUT2D eigenvalue weighted by Gasteiger charge is -2.10. The van der Waals surface area contributed by atoms with Crippen molar-refractivity contribution < 1.29 is 0 Å². The molecule has 0 aliphatic heterocycles. The molecule has 2 rings (SSSR count). The number of thiazole rings is 1. The summed E-state index contributed by atoms with van der Waals surface area (Å²) in [4.78, 5) is 14.9. The molecule has 0 aromatic carbocycles. The van der Waals surface area contributed by atoms with Gasteiger partial charge in [-0.3, -0.25) is 0 Å². The minimum Gasteiger partial charge on any atom is -0.353 e. The molecule has 0 saturated carbocycles. The normalized spacial score (nSPS) is 10.8. The lowest BCUT2D eigenvalue weighted by atomic mass is 10.4. The Labute approximate surface area is 105 Å². The molecule has 6 heteroatoms. The molecule has 2 aromatic rings. The highest BCUT2D eigenvalue weighted by Crippen LogP contribution is 2.19. The van der Waals surface area contributed by atoms with Crippen molar-refractivity contribution in [3.05, 3.63) is 23.8 Å². The van der Waals surface area contributed by atoms with Crippen LogP contribution < -0.4 is 5.32 Å². The SMILES string of the molecule is CN(C)CCNc1nccc(-c2nccs2)n1. The summed E-state index contributed by atoms with van der Waals surface area (Å²) in [6, 6.07) is 1.87. The average Bonchev–Trinajstić information content (AvgIpc) is 2.82. The summed E-state index contributed by atoms with van der Waals surface area (Å²) >= 11 is 1.58. The first kappa shape index (κ1) is 11.9. The fraction of sp³-hybridized carbons (Fsp3) is 0.364. The topological polar surface area (TPSA) is 53.9 Å². The monoisotopic (exact) mass is 249 g/mol. The third kappa shape index (κ3) is 3.47. The summed E-state index contributed by atoms with van der Waals surface area (Å²) in [5.41, 5.74) is 0.863. The fourth-order valence-corrected chi connectivity index (χ4v) is 1.91. The van der Waals surface area contributed by atoms with E-state index in [1.807, 2.05) is 25.5 Å². The van der Waals surface area contributed by atoms with Crippen LogP contribution >= 0.6 is 11.3 Å². The van der Waals surface area contributed by atoms with Crippen molar-refractivity contribution >= 4 is 17.3 Å². The van der Waals surface area contributed by atoms with Crippen LogP contribution in [0.1, 0.15) is 0 Å². The van der Waals surface area contributed by atoms with Gasteiger partial charge in [-0.15, -0.1) is 11.3 Å². The number of rotatable bonds is 5. The highest BCUT2D eigenvalue weighted by atomic mass is 32.1. The Morgan fingerprint density at radius 1 is 1.29 bits per heavy atom. The van der Waals surface area contributed by atoms with Crippen LogP contribution in [-0.4, -0.2) is 47.0 Å². The third-order valence-corrected chi connectivity index (χ3v) is 2.94. The van der Waals surface area contributed by atoms with Gasteiger partial charge < -0.3 is 10.2 Å². The van der Waals surface area contributed by atoms with E-state index < -0.39 is 0 Å². The number of nitrogens with zero attached hydrogens (tertiary/aromatic N) is 4. The molecule has 2 aromatic heterocycles. The fourth-order valence-electron chi connectivity index (χ4n) is 1.30. The van der Waals surface area contributed by atoms with Crippen LogP contribution in [0.3, 0.4) is 0 Å². The van der Waals surface area contributed by atoms with Gasteiger partial charge >= 0.3 is 0 Å². The van der Waals surface area contributed by atoms with Gasteiger partial charge in [0.1, 0.15) is 10.7 Å². The van der Waals surface area contributed by atoms with E-state index in [1.54, 1.807) is 23.7 Å². The summed E-state index contributed by atoms with van der Waals surface area (Å²) in [5.74, 6) is 0.652. The third-order valence-electron chi connectivity index (χ3n) is 2.15. The second-order valence-electron chi connectivity index (χ2n) is 3.83. The Kier molecular flexibility index (Phi) is 4.00. The maximum Gasteiger partial charge on any atom is 0.223 e. The van der Waals surface area contributed by atoms with Crippen LogP contribution in [-0.2, 0) is 0 Å². The Bertz CT molecular complexity index is 455. The zero-order valence-corrected chi connectivity index (χ0v) is 10.7. The summed E-state index contributed by atoms with van der Waals surface area (Å²) in [7, 11) is 4.07. The van der Waals surface area contributed by atoms with Crippen molar-refractivity contribution in [2.24, 2.45) is 0 Å². The molecular formula is C11H15N5S. The van der Waals surface area contributed by atoms with E-state index in [0.29, 0.717) is 5.95 Å². The molecule has 0 radical (unpaired) electrons. The van der Waals surface area contributed by atoms with Crippen molar-refractivity contribution in [1.29, 1.82) is 0 Å². The lowest BCUT2D eigenvalue weighted by molar-refractivity contribution is 0.425. The molecule has 0 fully saturated rings. The van der Waals surface area contributed by atoms with Crippen LogP contribution in [0.15, 0.2) is 23.8 Å². The number of hydrogen-bond acceptors (Lipinski definition) is 6. The van der Waals surface area contributed by atoms with E-state index in [0.717, 1.165) is 23.8 Å². The maximum atomic E-state index is 4.42. The summed E-state index contributed by atoms with van der Waals surface area (Å²) in [6.07, 6.45) is 3.53. The van der Waals surface area contributed by atoms with E-state index in [-0.39, 0.29) is 0 Å². The van der Waals surface area contributed by atoms with E-state index in [1.165, 1.54) is 0 Å². The van der Waals surface area contributed by atoms with Gasteiger partial charge in [0.05, 0.1) is 0 Å². The molecule has 0 atom stereocenters. The number of anilines is 1. The molecule has 0 spiro atoms. The second-order valence-corrected chi connectivity index (χ2v) is 4.73. The molecule has 5 nitrogen and oxygen atoms in total. The molecule has 0 aliphatic carbocycles. The molecular weight excluding hydrogens is 234 g/mol. The smallest absolute Gasteiger partial charge is 0.223 e. The zero-order valence-electron chi connectivity index (χ0n) is 9.92. The molecule has 0 amide bonds. The van der Waals surface area contributed by atoms with E-state index in [9.17, 15) is 0 Å². The minimum absolute atomic E-state index is 0.652. The molecule has 0 aliphatic rings. The number of aromatic nitrogens is 3. The second kappa shape index (κ2) is 5.70. The standard InChI is InChI=1S/C11H15N5S/c1-16(2)7-5-14-11-13-4-3-9(15-11)10-12-6-8-17-10/h3-4,6,8H,5,7H2,1-2H3,(H,13,14,15). The maximum absolute atomic E-state index is 4.42. The molecule has 0 saturated heterocycles. The predicted octanol–water partition coefficient (Wildman–Crippen LogP) is 1.57. The molecule has 0 unspecified atom stereocenters.